The van der Waals surface area contributed by atoms with E-state index in [4.69, 9.17) is 9.84 Å². The minimum absolute atomic E-state index is 0.00739. The molecule has 2 aromatic rings. The minimum atomic E-state index is -4.92. The van der Waals surface area contributed by atoms with E-state index in [9.17, 15) is 31.9 Å². The SMILES string of the molecule is COc1cc(OC(F)(F)F)ccc1C(=O)N1c2ccc(F)cc2[C@H](N(C(=O)CCC(=O)O)C2CC2)[C@H]2CCC[C@@H]21. The highest BCUT2D eigenvalue weighted by atomic mass is 19.4. The predicted octanol–water partition coefficient (Wildman–Crippen LogP) is 5.46. The number of hydrogen-bond acceptors (Lipinski definition) is 5. The topological polar surface area (TPSA) is 96.4 Å². The van der Waals surface area contributed by atoms with Crippen LogP contribution in [0.1, 0.15) is 66.9 Å². The molecule has 0 unspecified atom stereocenters. The first-order valence-electron chi connectivity index (χ1n) is 13.1. The second kappa shape index (κ2) is 10.6. The van der Waals surface area contributed by atoms with E-state index >= 15 is 0 Å². The third kappa shape index (κ3) is 5.44. The van der Waals surface area contributed by atoms with Gasteiger partial charge >= 0.3 is 12.3 Å². The average Bonchev–Trinajstić information content (AvgIpc) is 3.61. The van der Waals surface area contributed by atoms with Gasteiger partial charge < -0.3 is 24.4 Å². The second-order valence-electron chi connectivity index (χ2n) is 10.3. The van der Waals surface area contributed by atoms with Crippen molar-refractivity contribution in [2.45, 2.75) is 69.4 Å². The summed E-state index contributed by atoms with van der Waals surface area (Å²) in [5.74, 6) is -3.39. The van der Waals surface area contributed by atoms with Crippen molar-refractivity contribution in [2.75, 3.05) is 12.0 Å². The standard InChI is InChI=1S/C28H28F4N2O6/c1-39-23-14-17(40-28(30,31)32)8-9-19(23)27(38)34-21-4-2-3-18(21)26(20-13-15(29)5-10-22(20)34)33(16-6-7-16)24(35)11-12-25(36)37/h5,8-10,13-14,16,18,21,26H,2-4,6-7,11-12H2,1H3,(H,36,37)/t18-,21-,26+/m0/s1. The largest absolute Gasteiger partial charge is 0.573 e. The van der Waals surface area contributed by atoms with Gasteiger partial charge in [0.2, 0.25) is 5.91 Å². The molecule has 0 spiro atoms. The van der Waals surface area contributed by atoms with Gasteiger partial charge in [-0.25, -0.2) is 4.39 Å². The number of hydrogen-bond donors (Lipinski definition) is 1. The van der Waals surface area contributed by atoms with Crippen molar-refractivity contribution in [1.29, 1.82) is 0 Å². The summed E-state index contributed by atoms with van der Waals surface area (Å²) in [6.45, 7) is 0. The summed E-state index contributed by atoms with van der Waals surface area (Å²) < 4.78 is 62.2. The van der Waals surface area contributed by atoms with Crippen molar-refractivity contribution in [3.63, 3.8) is 0 Å². The molecule has 8 nitrogen and oxygen atoms in total. The first-order chi connectivity index (χ1) is 19.0. The van der Waals surface area contributed by atoms with Crippen molar-refractivity contribution in [2.24, 2.45) is 5.92 Å². The highest BCUT2D eigenvalue weighted by molar-refractivity contribution is 6.09. The lowest BCUT2D eigenvalue weighted by molar-refractivity contribution is -0.274. The molecule has 1 heterocycles. The fourth-order valence-corrected chi connectivity index (χ4v) is 6.12. The first-order valence-corrected chi connectivity index (χ1v) is 13.1. The molecule has 2 fully saturated rings. The number of methoxy groups -OCH3 is 1. The number of anilines is 1. The van der Waals surface area contributed by atoms with E-state index in [-0.39, 0.29) is 48.1 Å². The van der Waals surface area contributed by atoms with E-state index in [1.807, 2.05) is 0 Å². The van der Waals surface area contributed by atoms with Crippen LogP contribution in [0.3, 0.4) is 0 Å². The van der Waals surface area contributed by atoms with Gasteiger partial charge in [-0.05, 0) is 56.0 Å². The molecule has 2 amide bonds. The molecule has 5 rings (SSSR count). The Hall–Kier alpha value is -3.83. The quantitative estimate of drug-likeness (QED) is 0.428. The van der Waals surface area contributed by atoms with Gasteiger partial charge in [-0.1, -0.05) is 6.42 Å². The number of carboxylic acids is 1. The lowest BCUT2D eigenvalue weighted by Crippen LogP contribution is -2.53. The monoisotopic (exact) mass is 564 g/mol. The van der Waals surface area contributed by atoms with Gasteiger partial charge in [0.15, 0.2) is 0 Å². The zero-order valence-corrected chi connectivity index (χ0v) is 21.6. The van der Waals surface area contributed by atoms with Gasteiger partial charge in [-0.3, -0.25) is 14.4 Å². The Balaban J connectivity index is 1.56. The number of rotatable bonds is 8. The number of carbonyl (C=O) groups is 3. The van der Waals surface area contributed by atoms with Crippen LogP contribution in [0.5, 0.6) is 11.5 Å². The van der Waals surface area contributed by atoms with E-state index in [1.165, 1.54) is 36.3 Å². The summed E-state index contributed by atoms with van der Waals surface area (Å²) >= 11 is 0. The number of nitrogens with zero attached hydrogens (tertiary/aromatic N) is 2. The maximum Gasteiger partial charge on any atom is 0.573 e. The van der Waals surface area contributed by atoms with Crippen LogP contribution in [0, 0.1) is 11.7 Å². The molecule has 0 radical (unpaired) electrons. The Morgan fingerprint density at radius 1 is 1.05 bits per heavy atom. The average molecular weight is 565 g/mol. The smallest absolute Gasteiger partial charge is 0.496 e. The van der Waals surface area contributed by atoms with Gasteiger partial charge in [-0.15, -0.1) is 13.2 Å². The van der Waals surface area contributed by atoms with Gasteiger partial charge in [0, 0.05) is 41.7 Å². The molecule has 2 aliphatic carbocycles. The van der Waals surface area contributed by atoms with Gasteiger partial charge in [0.05, 0.1) is 25.1 Å². The fourth-order valence-electron chi connectivity index (χ4n) is 6.12. The van der Waals surface area contributed by atoms with Crippen LogP contribution in [0.4, 0.5) is 23.2 Å². The van der Waals surface area contributed by atoms with Crippen LogP contribution in [0.15, 0.2) is 36.4 Å². The van der Waals surface area contributed by atoms with Crippen molar-refractivity contribution >= 4 is 23.5 Å². The molecular formula is C28H28F4N2O6. The zero-order chi connectivity index (χ0) is 28.8. The Labute approximate surface area is 227 Å². The van der Waals surface area contributed by atoms with Gasteiger partial charge in [0.25, 0.3) is 5.91 Å². The Kier molecular flexibility index (Phi) is 7.36. The van der Waals surface area contributed by atoms with E-state index in [0.717, 1.165) is 31.4 Å². The van der Waals surface area contributed by atoms with Crippen molar-refractivity contribution < 1.29 is 46.5 Å². The summed E-state index contributed by atoms with van der Waals surface area (Å²) in [4.78, 5) is 41.8. The van der Waals surface area contributed by atoms with E-state index in [2.05, 4.69) is 4.74 Å². The van der Waals surface area contributed by atoms with E-state index in [1.54, 1.807) is 4.90 Å². The number of carboxylic acid groups (broad SMARTS) is 1. The molecule has 2 aromatic carbocycles. The number of alkyl halides is 3. The highest BCUT2D eigenvalue weighted by Gasteiger charge is 2.51. The second-order valence-corrected chi connectivity index (χ2v) is 10.3. The van der Waals surface area contributed by atoms with Crippen molar-refractivity contribution in [1.82, 2.24) is 4.90 Å². The molecule has 0 bridgehead atoms. The number of amides is 2. The van der Waals surface area contributed by atoms with Crippen LogP contribution in [-0.2, 0) is 9.59 Å². The van der Waals surface area contributed by atoms with Crippen LogP contribution in [0.2, 0.25) is 0 Å². The molecular weight excluding hydrogens is 536 g/mol. The third-order valence-corrected chi connectivity index (χ3v) is 7.77. The Bertz CT molecular complexity index is 1330. The van der Waals surface area contributed by atoms with E-state index in [0.29, 0.717) is 24.1 Å². The van der Waals surface area contributed by atoms with Crippen LogP contribution >= 0.6 is 0 Å². The zero-order valence-electron chi connectivity index (χ0n) is 21.6. The third-order valence-electron chi connectivity index (χ3n) is 7.77. The van der Waals surface area contributed by atoms with Crippen molar-refractivity contribution in [3.05, 3.63) is 53.3 Å². The molecule has 0 aromatic heterocycles. The summed E-state index contributed by atoms with van der Waals surface area (Å²) in [7, 11) is 1.23. The van der Waals surface area contributed by atoms with Crippen LogP contribution in [-0.4, -0.2) is 53.3 Å². The van der Waals surface area contributed by atoms with Gasteiger partial charge in [0.1, 0.15) is 17.3 Å². The van der Waals surface area contributed by atoms with Crippen LogP contribution < -0.4 is 14.4 Å². The lowest BCUT2D eigenvalue weighted by Gasteiger charge is -2.48. The highest BCUT2D eigenvalue weighted by Crippen LogP contribution is 2.53. The summed E-state index contributed by atoms with van der Waals surface area (Å²) in [6, 6.07) is 6.22. The molecule has 1 aliphatic heterocycles. The fraction of sp³-hybridized carbons (Fsp3) is 0.464. The normalized spacial score (nSPS) is 21.8. The molecule has 1 N–H and O–H groups in total. The molecule has 3 aliphatic rings. The van der Waals surface area contributed by atoms with Crippen LogP contribution in [0.25, 0.3) is 0 Å². The maximum atomic E-state index is 14.7. The van der Waals surface area contributed by atoms with Crippen molar-refractivity contribution in [3.8, 4) is 11.5 Å². The van der Waals surface area contributed by atoms with E-state index < -0.39 is 35.8 Å². The summed E-state index contributed by atoms with van der Waals surface area (Å²) in [6.07, 6.45) is -1.93. The number of carbonyl (C=O) groups excluding carboxylic acids is 2. The summed E-state index contributed by atoms with van der Waals surface area (Å²) in [5, 5.41) is 9.13. The Morgan fingerprint density at radius 2 is 1.80 bits per heavy atom. The number of ether oxygens (including phenoxy) is 2. The first kappa shape index (κ1) is 27.7. The molecule has 3 atom stereocenters. The minimum Gasteiger partial charge on any atom is -0.496 e. The number of fused-ring (bicyclic) bond motifs is 2. The number of benzene rings is 2. The molecule has 12 heteroatoms. The van der Waals surface area contributed by atoms with Gasteiger partial charge in [-0.2, -0.15) is 0 Å². The number of aliphatic carboxylic acids is 1. The molecule has 0 saturated heterocycles. The Morgan fingerprint density at radius 3 is 2.45 bits per heavy atom. The molecule has 40 heavy (non-hydrogen) atoms. The lowest BCUT2D eigenvalue weighted by atomic mass is 9.81. The summed E-state index contributed by atoms with van der Waals surface area (Å²) in [5.41, 5.74) is 0.852. The maximum absolute atomic E-state index is 14.7. The number of halogens is 4. The molecule has 214 valence electrons. The predicted molar refractivity (Wildman–Crippen MR) is 133 cm³/mol. The molecule has 2 saturated carbocycles.